The Hall–Kier alpha value is -8.20. The summed E-state index contributed by atoms with van der Waals surface area (Å²) < 4.78 is 19.1. The fourth-order valence-corrected chi connectivity index (χ4v) is 8.31. The molecule has 0 radical (unpaired) electrons. The summed E-state index contributed by atoms with van der Waals surface area (Å²) in [6, 6.07) is 84.3. The summed E-state index contributed by atoms with van der Waals surface area (Å²) in [4.78, 5) is 4.46. The quantitative estimate of drug-likeness (QED) is 0.120. The summed E-state index contributed by atoms with van der Waals surface area (Å²) in [6.07, 6.45) is 3.98. The van der Waals surface area contributed by atoms with Crippen molar-refractivity contribution >= 4 is 79.9 Å². The van der Waals surface area contributed by atoms with Gasteiger partial charge in [-0.05, 0) is 128 Å². The van der Waals surface area contributed by atoms with Crippen LogP contribution in [-0.2, 0) is 0 Å². The molecule has 0 N–H and O–H groups in total. The highest BCUT2D eigenvalue weighted by Gasteiger charge is 2.17. The highest BCUT2D eigenvalue weighted by Crippen LogP contribution is 2.41. The molecule has 0 unspecified atom stereocenters. The molecule has 0 aliphatic heterocycles. The SMILES string of the molecule is [2H]/C(=C\c1ccc2ccccc2c1-c1c(/C=C(\[2H])c2ccc(N(c3ccccc3)c3ccccc3)cc2)ccc2ccccc12)c1ccc(N(c2ccccc2)c2ccccc2)cc1. The average Bonchev–Trinajstić information content (AvgIpc) is 3.36. The second-order valence-corrected chi connectivity index (χ2v) is 15.2. The molecule has 0 aromatic heterocycles. The van der Waals surface area contributed by atoms with Gasteiger partial charge in [-0.15, -0.1) is 0 Å². The molecule has 2 heteroatoms. The van der Waals surface area contributed by atoms with Crippen LogP contribution < -0.4 is 9.80 Å². The van der Waals surface area contributed by atoms with Crippen LogP contribution in [-0.4, -0.2) is 0 Å². The summed E-state index contributed by atoms with van der Waals surface area (Å²) in [5, 5.41) is 4.39. The highest BCUT2D eigenvalue weighted by atomic mass is 15.1. The third-order valence-electron chi connectivity index (χ3n) is 11.3. The largest absolute Gasteiger partial charge is 0.311 e. The normalized spacial score (nSPS) is 12.2. The van der Waals surface area contributed by atoms with Gasteiger partial charge in [0.05, 0.1) is 2.74 Å². The summed E-state index contributed by atoms with van der Waals surface area (Å²) >= 11 is 0. The van der Waals surface area contributed by atoms with E-state index in [1.165, 1.54) is 0 Å². The summed E-state index contributed by atoms with van der Waals surface area (Å²) in [7, 11) is 0. The molecule has 2 nitrogen and oxygen atoms in total. The molecule has 10 aromatic rings. The molecular formula is C60H44N2. The second-order valence-electron chi connectivity index (χ2n) is 15.2. The van der Waals surface area contributed by atoms with E-state index >= 15 is 0 Å². The first-order chi connectivity index (χ1) is 31.6. The van der Waals surface area contributed by atoms with Crippen LogP contribution in [0.2, 0.25) is 0 Å². The first-order valence-electron chi connectivity index (χ1n) is 22.0. The number of fused-ring (bicyclic) bond motifs is 2. The molecule has 62 heavy (non-hydrogen) atoms. The van der Waals surface area contributed by atoms with Crippen molar-refractivity contribution in [3.63, 3.8) is 0 Å². The van der Waals surface area contributed by atoms with Crippen molar-refractivity contribution in [2.75, 3.05) is 9.80 Å². The Balaban J connectivity index is 1.06. The van der Waals surface area contributed by atoms with Gasteiger partial charge in [0, 0.05) is 34.1 Å². The monoisotopic (exact) mass is 794 g/mol. The van der Waals surface area contributed by atoms with E-state index in [4.69, 9.17) is 0 Å². The van der Waals surface area contributed by atoms with Crippen molar-refractivity contribution in [2.45, 2.75) is 0 Å². The zero-order valence-electron chi connectivity index (χ0n) is 36.1. The van der Waals surface area contributed by atoms with Crippen LogP contribution in [0.1, 0.15) is 25.0 Å². The predicted octanol–water partition coefficient (Wildman–Crippen LogP) is 16.9. The van der Waals surface area contributed by atoms with E-state index in [1.54, 1.807) is 0 Å². The van der Waals surface area contributed by atoms with Crippen LogP contribution in [0.5, 0.6) is 0 Å². The molecule has 0 aliphatic rings. The maximum absolute atomic E-state index is 9.53. The molecule has 0 saturated carbocycles. The smallest absolute Gasteiger partial charge is 0.0629 e. The van der Waals surface area contributed by atoms with Gasteiger partial charge in [0.2, 0.25) is 0 Å². The van der Waals surface area contributed by atoms with Crippen LogP contribution >= 0.6 is 0 Å². The molecule has 0 spiro atoms. The zero-order chi connectivity index (χ0) is 43.2. The second kappa shape index (κ2) is 17.6. The molecule has 0 fully saturated rings. The third kappa shape index (κ3) is 7.93. The van der Waals surface area contributed by atoms with E-state index in [9.17, 15) is 2.74 Å². The lowest BCUT2D eigenvalue weighted by Crippen LogP contribution is -2.09. The molecular weight excluding hydrogens is 749 g/mol. The van der Waals surface area contributed by atoms with Gasteiger partial charge in [0.1, 0.15) is 0 Å². The van der Waals surface area contributed by atoms with Crippen LogP contribution in [0.4, 0.5) is 34.1 Å². The number of benzene rings is 10. The third-order valence-corrected chi connectivity index (χ3v) is 11.3. The Bertz CT molecular complexity index is 2950. The molecule has 0 atom stereocenters. The fourth-order valence-electron chi connectivity index (χ4n) is 8.31. The molecule has 294 valence electrons. The number of hydrogen-bond donors (Lipinski definition) is 0. The van der Waals surface area contributed by atoms with Gasteiger partial charge in [-0.1, -0.05) is 194 Å². The minimum absolute atomic E-state index is 0.410. The van der Waals surface area contributed by atoms with Crippen molar-refractivity contribution in [3.8, 4) is 11.1 Å². The first kappa shape index (κ1) is 35.7. The average molecular weight is 795 g/mol. The molecule has 0 saturated heterocycles. The van der Waals surface area contributed by atoms with Crippen LogP contribution in [0.25, 0.3) is 56.9 Å². The van der Waals surface area contributed by atoms with Crippen molar-refractivity contribution in [3.05, 3.63) is 265 Å². The van der Waals surface area contributed by atoms with Crippen molar-refractivity contribution in [2.24, 2.45) is 0 Å². The summed E-state index contributed by atoms with van der Waals surface area (Å²) in [5.74, 6) is 0. The van der Waals surface area contributed by atoms with Gasteiger partial charge < -0.3 is 9.80 Å². The van der Waals surface area contributed by atoms with Gasteiger partial charge in [0.25, 0.3) is 0 Å². The molecule has 0 heterocycles. The Morgan fingerprint density at radius 3 is 0.903 bits per heavy atom. The fraction of sp³-hybridized carbons (Fsp3) is 0. The lowest BCUT2D eigenvalue weighted by atomic mass is 9.86. The topological polar surface area (TPSA) is 6.48 Å². The van der Waals surface area contributed by atoms with Gasteiger partial charge in [-0.3, -0.25) is 0 Å². The van der Waals surface area contributed by atoms with E-state index in [0.29, 0.717) is 12.1 Å². The number of rotatable bonds is 11. The van der Waals surface area contributed by atoms with Crippen LogP contribution in [0, 0.1) is 0 Å². The lowest BCUT2D eigenvalue weighted by Gasteiger charge is -2.25. The van der Waals surface area contributed by atoms with E-state index in [1.807, 2.05) is 60.7 Å². The molecule has 0 bridgehead atoms. The van der Waals surface area contributed by atoms with Crippen molar-refractivity contribution in [1.82, 2.24) is 0 Å². The maximum Gasteiger partial charge on any atom is 0.0629 e. The molecule has 10 rings (SSSR count). The Kier molecular flexibility index (Phi) is 10.1. The van der Waals surface area contributed by atoms with Gasteiger partial charge in [-0.2, -0.15) is 0 Å². The Morgan fingerprint density at radius 2 is 0.565 bits per heavy atom. The van der Waals surface area contributed by atoms with Crippen LogP contribution in [0.3, 0.4) is 0 Å². The van der Waals surface area contributed by atoms with E-state index < -0.39 is 0 Å². The number of hydrogen-bond acceptors (Lipinski definition) is 2. The van der Waals surface area contributed by atoms with Crippen molar-refractivity contribution < 1.29 is 2.74 Å². The predicted molar refractivity (Wildman–Crippen MR) is 267 cm³/mol. The lowest BCUT2D eigenvalue weighted by molar-refractivity contribution is 1.28. The number of para-hydroxylation sites is 4. The maximum atomic E-state index is 9.53. The molecule has 0 amide bonds. The number of anilines is 6. The van der Waals surface area contributed by atoms with E-state index in [2.05, 4.69) is 204 Å². The minimum Gasteiger partial charge on any atom is -0.311 e. The Morgan fingerprint density at radius 1 is 0.274 bits per heavy atom. The summed E-state index contributed by atoms with van der Waals surface area (Å²) in [5.41, 5.74) is 11.9. The molecule has 0 aliphatic carbocycles. The Labute approximate surface area is 367 Å². The first-order valence-corrected chi connectivity index (χ1v) is 21.0. The van der Waals surface area contributed by atoms with Gasteiger partial charge in [-0.25, -0.2) is 0 Å². The van der Waals surface area contributed by atoms with E-state index in [0.717, 1.165) is 89.0 Å². The van der Waals surface area contributed by atoms with Crippen molar-refractivity contribution in [1.29, 1.82) is 0 Å². The molecule has 10 aromatic carbocycles. The van der Waals surface area contributed by atoms with Gasteiger partial charge >= 0.3 is 0 Å². The standard InChI is InChI=1S/C60H44N2/c1-5-19-51(20-6-1)61(52-21-7-2-8-22-52)55-41-31-45(32-42-55)29-35-49-39-37-47-17-13-15-27-57(47)59(49)60-50(40-38-48-18-14-16-28-58(48)60)36-30-46-33-43-56(44-34-46)62(53-23-9-3-10-24-53)54-25-11-4-12-26-54/h1-44H/b35-29+,36-30+/i29D,30D. The highest BCUT2D eigenvalue weighted by molar-refractivity contribution is 6.11. The zero-order valence-corrected chi connectivity index (χ0v) is 34.1. The number of nitrogens with zero attached hydrogens (tertiary/aromatic N) is 2. The summed E-state index contributed by atoms with van der Waals surface area (Å²) in [6.45, 7) is 0. The van der Waals surface area contributed by atoms with Crippen LogP contribution in [0.15, 0.2) is 243 Å². The van der Waals surface area contributed by atoms with Gasteiger partial charge in [0.15, 0.2) is 0 Å². The minimum atomic E-state index is 0.410. The van der Waals surface area contributed by atoms with E-state index in [-0.39, 0.29) is 0 Å².